The summed E-state index contributed by atoms with van der Waals surface area (Å²) in [6, 6.07) is 10.9. The molecule has 32 heavy (non-hydrogen) atoms. The smallest absolute Gasteiger partial charge is 0.291 e. The van der Waals surface area contributed by atoms with Crippen molar-refractivity contribution < 1.29 is 14.0 Å². The predicted molar refractivity (Wildman–Crippen MR) is 126 cm³/mol. The van der Waals surface area contributed by atoms with Crippen molar-refractivity contribution in [2.75, 3.05) is 18.9 Å². The molecule has 2 amide bonds. The first-order chi connectivity index (χ1) is 15.5. The van der Waals surface area contributed by atoms with Crippen molar-refractivity contribution >= 4 is 29.6 Å². The maximum Gasteiger partial charge on any atom is 0.291 e. The second kappa shape index (κ2) is 9.57. The van der Waals surface area contributed by atoms with E-state index in [-0.39, 0.29) is 17.6 Å². The van der Waals surface area contributed by atoms with Crippen LogP contribution in [0.1, 0.15) is 26.5 Å². The van der Waals surface area contributed by atoms with Gasteiger partial charge in [0.2, 0.25) is 0 Å². The molecule has 3 heterocycles. The van der Waals surface area contributed by atoms with Crippen LogP contribution in [0.2, 0.25) is 0 Å². The Morgan fingerprint density at radius 3 is 2.78 bits per heavy atom. The Kier molecular flexibility index (Phi) is 6.42. The molecule has 0 saturated carbocycles. The molecular formula is C24H22N4O3S. The molecule has 4 rings (SSSR count). The Bertz CT molecular complexity index is 1200. The molecule has 8 heteroatoms. The summed E-state index contributed by atoms with van der Waals surface area (Å²) in [5, 5.41) is 2.85. The number of carbonyl (C=O) groups is 2. The number of amides is 2. The van der Waals surface area contributed by atoms with E-state index in [1.54, 1.807) is 41.9 Å². The van der Waals surface area contributed by atoms with Crippen LogP contribution in [0.4, 0.5) is 5.69 Å². The topological polar surface area (TPSA) is 78.7 Å². The van der Waals surface area contributed by atoms with Crippen LogP contribution in [-0.2, 0) is 0 Å². The first-order valence-corrected chi connectivity index (χ1v) is 10.7. The number of hydrogen-bond acceptors (Lipinski definition) is 6. The maximum atomic E-state index is 12.9. The molecule has 1 N–H and O–H groups in total. The van der Waals surface area contributed by atoms with Crippen LogP contribution in [-0.4, -0.2) is 39.0 Å². The summed E-state index contributed by atoms with van der Waals surface area (Å²) in [7, 11) is 1.73. The van der Waals surface area contributed by atoms with E-state index >= 15 is 0 Å². The Balaban J connectivity index is 1.49. The quantitative estimate of drug-likeness (QED) is 0.542. The standard InChI is InChI=1S/C24H22N4O3S/c1-17-9-12-31-22(17)23(29)26-21-8-6-7-18(14-21)19-13-20(16-25-15-19)24(30)27(2)32-28-10-4-3-5-11-28/h3-10,12-16H,11H2,1-2H3,(H,26,29). The minimum Gasteiger partial charge on any atom is -0.459 e. The van der Waals surface area contributed by atoms with Gasteiger partial charge in [0.1, 0.15) is 0 Å². The van der Waals surface area contributed by atoms with Gasteiger partial charge in [0, 0.05) is 49.0 Å². The van der Waals surface area contributed by atoms with Crippen LogP contribution < -0.4 is 5.32 Å². The van der Waals surface area contributed by atoms with E-state index in [9.17, 15) is 9.59 Å². The number of aromatic nitrogens is 1. The highest BCUT2D eigenvalue weighted by molar-refractivity contribution is 7.95. The molecule has 0 bridgehead atoms. The minimum absolute atomic E-state index is 0.148. The fraction of sp³-hybridized carbons (Fsp3) is 0.125. The number of anilines is 1. The van der Waals surface area contributed by atoms with E-state index < -0.39 is 0 Å². The van der Waals surface area contributed by atoms with Crippen molar-refractivity contribution in [3.63, 3.8) is 0 Å². The van der Waals surface area contributed by atoms with E-state index in [2.05, 4.69) is 10.3 Å². The average molecular weight is 447 g/mol. The number of carbonyl (C=O) groups excluding carboxylic acids is 2. The molecule has 0 spiro atoms. The first-order valence-electron chi connectivity index (χ1n) is 9.98. The van der Waals surface area contributed by atoms with Gasteiger partial charge in [-0.2, -0.15) is 0 Å². The summed E-state index contributed by atoms with van der Waals surface area (Å²) in [6.45, 7) is 2.55. The molecule has 3 aromatic rings. The van der Waals surface area contributed by atoms with Gasteiger partial charge in [0.25, 0.3) is 11.8 Å². The third-order valence-corrected chi connectivity index (χ3v) is 5.70. The second-order valence-electron chi connectivity index (χ2n) is 7.18. The normalized spacial score (nSPS) is 12.6. The molecule has 7 nitrogen and oxygen atoms in total. The third-order valence-electron chi connectivity index (χ3n) is 4.81. The van der Waals surface area contributed by atoms with Crippen molar-refractivity contribution in [3.05, 3.63) is 96.4 Å². The fourth-order valence-electron chi connectivity index (χ4n) is 3.17. The number of hydrogen-bond donors (Lipinski definition) is 1. The molecule has 0 atom stereocenters. The molecule has 1 aliphatic heterocycles. The molecule has 2 aromatic heterocycles. The number of rotatable bonds is 6. The second-order valence-corrected chi connectivity index (χ2v) is 8.36. The van der Waals surface area contributed by atoms with Gasteiger partial charge < -0.3 is 14.0 Å². The molecule has 0 fully saturated rings. The summed E-state index contributed by atoms with van der Waals surface area (Å²) < 4.78 is 8.79. The number of benzene rings is 1. The molecule has 0 aliphatic carbocycles. The zero-order valence-electron chi connectivity index (χ0n) is 17.7. The van der Waals surface area contributed by atoms with Crippen LogP contribution >= 0.6 is 12.1 Å². The van der Waals surface area contributed by atoms with Crippen molar-refractivity contribution in [2.24, 2.45) is 0 Å². The van der Waals surface area contributed by atoms with Gasteiger partial charge >= 0.3 is 0 Å². The highest BCUT2D eigenvalue weighted by Crippen LogP contribution is 2.25. The Morgan fingerprint density at radius 2 is 2.03 bits per heavy atom. The van der Waals surface area contributed by atoms with E-state index in [0.717, 1.165) is 23.2 Å². The first kappa shape index (κ1) is 21.5. The van der Waals surface area contributed by atoms with Gasteiger partial charge in [-0.05, 0) is 42.8 Å². The lowest BCUT2D eigenvalue weighted by Gasteiger charge is -2.24. The van der Waals surface area contributed by atoms with Crippen LogP contribution in [0.15, 0.2) is 83.9 Å². The SMILES string of the molecule is Cc1ccoc1C(=O)Nc1cccc(-c2cncc(C(=O)N(C)SN3C=CC=CC3)c2)c1. The van der Waals surface area contributed by atoms with E-state index in [1.807, 2.05) is 53.9 Å². The zero-order valence-corrected chi connectivity index (χ0v) is 18.5. The van der Waals surface area contributed by atoms with Gasteiger partial charge in [-0.25, -0.2) is 0 Å². The summed E-state index contributed by atoms with van der Waals surface area (Å²) >= 11 is 1.33. The van der Waals surface area contributed by atoms with Crippen molar-refractivity contribution in [3.8, 4) is 11.1 Å². The molecule has 162 valence electrons. The van der Waals surface area contributed by atoms with Gasteiger partial charge in [-0.1, -0.05) is 24.3 Å². The van der Waals surface area contributed by atoms with Gasteiger partial charge in [0.05, 0.1) is 24.0 Å². The number of nitrogens with zero attached hydrogens (tertiary/aromatic N) is 3. The summed E-state index contributed by atoms with van der Waals surface area (Å²) in [5.41, 5.74) is 3.49. The summed E-state index contributed by atoms with van der Waals surface area (Å²) in [4.78, 5) is 29.6. The summed E-state index contributed by atoms with van der Waals surface area (Å²) in [6.07, 6.45) is 12.6. The largest absolute Gasteiger partial charge is 0.459 e. The monoisotopic (exact) mass is 446 g/mol. The number of pyridine rings is 1. The number of nitrogens with one attached hydrogen (secondary N) is 1. The van der Waals surface area contributed by atoms with Crippen molar-refractivity contribution in [1.29, 1.82) is 0 Å². The number of furan rings is 1. The molecule has 1 aromatic carbocycles. The lowest BCUT2D eigenvalue weighted by molar-refractivity contribution is 0.0888. The van der Waals surface area contributed by atoms with E-state index in [1.165, 1.54) is 18.4 Å². The number of aryl methyl sites for hydroxylation is 1. The molecule has 1 aliphatic rings. The van der Waals surface area contributed by atoms with Crippen molar-refractivity contribution in [2.45, 2.75) is 6.92 Å². The molecular weight excluding hydrogens is 424 g/mol. The summed E-state index contributed by atoms with van der Waals surface area (Å²) in [5.74, 6) is -0.179. The molecule has 0 radical (unpaired) electrons. The predicted octanol–water partition coefficient (Wildman–Crippen LogP) is 4.92. The van der Waals surface area contributed by atoms with Crippen molar-refractivity contribution in [1.82, 2.24) is 13.6 Å². The Labute approximate surface area is 190 Å². The van der Waals surface area contributed by atoms with E-state index in [4.69, 9.17) is 4.42 Å². The third kappa shape index (κ3) is 4.92. The molecule has 0 saturated heterocycles. The van der Waals surface area contributed by atoms with Gasteiger partial charge in [0.15, 0.2) is 5.76 Å². The van der Waals surface area contributed by atoms with Crippen LogP contribution in [0.3, 0.4) is 0 Å². The highest BCUT2D eigenvalue weighted by Gasteiger charge is 2.17. The van der Waals surface area contributed by atoms with Crippen LogP contribution in [0.25, 0.3) is 11.1 Å². The maximum absolute atomic E-state index is 12.9. The number of allylic oxidation sites excluding steroid dienone is 2. The average Bonchev–Trinajstić information content (AvgIpc) is 3.25. The van der Waals surface area contributed by atoms with Gasteiger partial charge in [-0.15, -0.1) is 0 Å². The zero-order chi connectivity index (χ0) is 22.5. The molecule has 0 unspecified atom stereocenters. The van der Waals surface area contributed by atoms with Gasteiger partial charge in [-0.3, -0.25) is 18.9 Å². The van der Waals surface area contributed by atoms with Crippen LogP contribution in [0, 0.1) is 6.92 Å². The Hall–Kier alpha value is -3.78. The lowest BCUT2D eigenvalue weighted by atomic mass is 10.0. The lowest BCUT2D eigenvalue weighted by Crippen LogP contribution is -2.25. The fourth-order valence-corrected chi connectivity index (χ4v) is 3.94. The highest BCUT2D eigenvalue weighted by atomic mass is 32.2. The van der Waals surface area contributed by atoms with E-state index in [0.29, 0.717) is 11.3 Å². The minimum atomic E-state index is -0.313. The van der Waals surface area contributed by atoms with Crippen LogP contribution in [0.5, 0.6) is 0 Å². The Morgan fingerprint density at radius 1 is 1.16 bits per heavy atom.